The Morgan fingerprint density at radius 3 is 2.75 bits per heavy atom. The van der Waals surface area contributed by atoms with Gasteiger partial charge in [-0.25, -0.2) is 18.6 Å². The number of rotatable bonds is 2. The highest BCUT2D eigenvalue weighted by Gasteiger charge is 2.24. The van der Waals surface area contributed by atoms with E-state index < -0.39 is 23.8 Å². The third-order valence-electron chi connectivity index (χ3n) is 2.20. The van der Waals surface area contributed by atoms with Crippen LogP contribution in [0.2, 0.25) is 0 Å². The number of fused-ring (bicyclic) bond motifs is 1. The lowest BCUT2D eigenvalue weighted by Crippen LogP contribution is -2.05. The van der Waals surface area contributed by atoms with Crippen LogP contribution in [0.25, 0.3) is 5.65 Å². The molecule has 0 fully saturated rings. The minimum atomic E-state index is -2.90. The summed E-state index contributed by atoms with van der Waals surface area (Å²) in [4.78, 5) is 14.5. The van der Waals surface area contributed by atoms with Crippen molar-refractivity contribution >= 4 is 11.6 Å². The lowest BCUT2D eigenvalue weighted by Gasteiger charge is -1.99. The van der Waals surface area contributed by atoms with Gasteiger partial charge in [0.2, 0.25) is 0 Å². The molecule has 2 heterocycles. The molecule has 6 heteroatoms. The minimum absolute atomic E-state index is 0.207. The normalized spacial score (nSPS) is 11.2. The predicted molar refractivity (Wildman–Crippen MR) is 51.8 cm³/mol. The van der Waals surface area contributed by atoms with Crippen LogP contribution in [-0.2, 0) is 0 Å². The van der Waals surface area contributed by atoms with Crippen molar-refractivity contribution in [2.45, 2.75) is 13.3 Å². The van der Waals surface area contributed by atoms with Gasteiger partial charge < -0.3 is 5.11 Å². The van der Waals surface area contributed by atoms with E-state index in [1.54, 1.807) is 13.0 Å². The molecule has 1 N–H and O–H groups in total. The Kier molecular flexibility index (Phi) is 2.34. The van der Waals surface area contributed by atoms with Gasteiger partial charge >= 0.3 is 5.97 Å². The van der Waals surface area contributed by atoms with Crippen molar-refractivity contribution in [3.05, 3.63) is 35.3 Å². The maximum atomic E-state index is 12.6. The number of aryl methyl sites for hydroxylation is 1. The van der Waals surface area contributed by atoms with Gasteiger partial charge in [-0.15, -0.1) is 0 Å². The Morgan fingerprint density at radius 2 is 2.19 bits per heavy atom. The number of halogens is 2. The molecule has 0 aliphatic heterocycles. The number of imidazole rings is 1. The summed E-state index contributed by atoms with van der Waals surface area (Å²) < 4.78 is 26.3. The smallest absolute Gasteiger partial charge is 0.355 e. The van der Waals surface area contributed by atoms with Crippen molar-refractivity contribution < 1.29 is 18.7 Å². The number of pyridine rings is 1. The van der Waals surface area contributed by atoms with Crippen LogP contribution in [0.3, 0.4) is 0 Å². The highest BCUT2D eigenvalue weighted by molar-refractivity contribution is 5.88. The summed E-state index contributed by atoms with van der Waals surface area (Å²) in [5, 5.41) is 8.90. The van der Waals surface area contributed by atoms with E-state index in [9.17, 15) is 13.6 Å². The number of hydrogen-bond acceptors (Lipinski definition) is 2. The fourth-order valence-electron chi connectivity index (χ4n) is 1.53. The molecular formula is C10H8F2N2O2. The molecule has 0 bridgehead atoms. The highest BCUT2D eigenvalue weighted by Crippen LogP contribution is 2.23. The predicted octanol–water partition coefficient (Wildman–Crippen LogP) is 2.28. The van der Waals surface area contributed by atoms with E-state index in [1.807, 2.05) is 0 Å². The fraction of sp³-hybridized carbons (Fsp3) is 0.200. The summed E-state index contributed by atoms with van der Waals surface area (Å²) in [6, 6.07) is 3.19. The molecule has 4 nitrogen and oxygen atoms in total. The Hall–Kier alpha value is -1.98. The monoisotopic (exact) mass is 226 g/mol. The minimum Gasteiger partial charge on any atom is -0.476 e. The Balaban J connectivity index is 2.82. The summed E-state index contributed by atoms with van der Waals surface area (Å²) in [6.45, 7) is 1.74. The van der Waals surface area contributed by atoms with Gasteiger partial charge in [-0.2, -0.15) is 0 Å². The van der Waals surface area contributed by atoms with Gasteiger partial charge in [0.1, 0.15) is 11.3 Å². The number of nitrogens with zero attached hydrogens (tertiary/aromatic N) is 2. The van der Waals surface area contributed by atoms with Crippen LogP contribution < -0.4 is 0 Å². The van der Waals surface area contributed by atoms with Gasteiger partial charge in [-0.05, 0) is 18.6 Å². The third-order valence-corrected chi connectivity index (χ3v) is 2.20. The molecule has 84 valence electrons. The van der Waals surface area contributed by atoms with Gasteiger partial charge in [-0.3, -0.25) is 4.40 Å². The maximum Gasteiger partial charge on any atom is 0.355 e. The fourth-order valence-corrected chi connectivity index (χ4v) is 1.53. The molecule has 2 rings (SSSR count). The van der Waals surface area contributed by atoms with Crippen molar-refractivity contribution in [2.24, 2.45) is 0 Å². The average Bonchev–Trinajstić information content (AvgIpc) is 2.55. The number of carboxylic acids is 1. The highest BCUT2D eigenvalue weighted by atomic mass is 19.3. The number of aromatic carboxylic acids is 1. The Labute approximate surface area is 89.2 Å². The van der Waals surface area contributed by atoms with Gasteiger partial charge in [-0.1, -0.05) is 6.07 Å². The van der Waals surface area contributed by atoms with E-state index >= 15 is 0 Å². The second kappa shape index (κ2) is 3.55. The summed E-state index contributed by atoms with van der Waals surface area (Å²) in [5.41, 5.74) is -0.196. The van der Waals surface area contributed by atoms with Crippen molar-refractivity contribution in [3.63, 3.8) is 0 Å². The number of hydrogen-bond donors (Lipinski definition) is 1. The molecule has 2 aromatic rings. The quantitative estimate of drug-likeness (QED) is 0.854. The van der Waals surface area contributed by atoms with Crippen LogP contribution in [0.15, 0.2) is 18.3 Å². The van der Waals surface area contributed by atoms with E-state index in [1.165, 1.54) is 16.7 Å². The third kappa shape index (κ3) is 1.52. The zero-order valence-corrected chi connectivity index (χ0v) is 8.32. The van der Waals surface area contributed by atoms with Crippen LogP contribution in [0.5, 0.6) is 0 Å². The molecule has 0 aromatic carbocycles. The zero-order valence-electron chi connectivity index (χ0n) is 8.32. The standard InChI is InChI=1S/C10H8F2N2O2/c1-5-2-3-6-13-7(9(11)12)8(10(15)16)14(6)4-5/h2-4,9H,1H3,(H,15,16). The van der Waals surface area contributed by atoms with Gasteiger partial charge in [0, 0.05) is 6.20 Å². The van der Waals surface area contributed by atoms with Gasteiger partial charge in [0.05, 0.1) is 0 Å². The molecular weight excluding hydrogens is 218 g/mol. The first-order valence-electron chi connectivity index (χ1n) is 4.50. The number of aromatic nitrogens is 2. The summed E-state index contributed by atoms with van der Waals surface area (Å²) in [6.07, 6.45) is -1.43. The van der Waals surface area contributed by atoms with Crippen LogP contribution in [0.4, 0.5) is 8.78 Å². The van der Waals surface area contributed by atoms with E-state index in [0.29, 0.717) is 0 Å². The van der Waals surface area contributed by atoms with Gasteiger partial charge in [0.25, 0.3) is 6.43 Å². The number of alkyl halides is 2. The molecule has 0 amide bonds. The molecule has 0 atom stereocenters. The molecule has 0 radical (unpaired) electrons. The van der Waals surface area contributed by atoms with Crippen molar-refractivity contribution in [1.82, 2.24) is 9.38 Å². The summed E-state index contributed by atoms with van der Waals surface area (Å²) in [5.74, 6) is -1.41. The number of carbonyl (C=O) groups is 1. The Morgan fingerprint density at radius 1 is 1.50 bits per heavy atom. The second-order valence-electron chi connectivity index (χ2n) is 3.39. The first-order valence-corrected chi connectivity index (χ1v) is 4.50. The second-order valence-corrected chi connectivity index (χ2v) is 3.39. The Bertz CT molecular complexity index is 563. The molecule has 0 aliphatic carbocycles. The van der Waals surface area contributed by atoms with Crippen LogP contribution in [0, 0.1) is 6.92 Å². The largest absolute Gasteiger partial charge is 0.476 e. The lowest BCUT2D eigenvalue weighted by atomic mass is 10.3. The van der Waals surface area contributed by atoms with Crippen LogP contribution >= 0.6 is 0 Å². The zero-order chi connectivity index (χ0) is 11.9. The topological polar surface area (TPSA) is 54.6 Å². The summed E-state index contributed by atoms with van der Waals surface area (Å²) >= 11 is 0. The molecule has 16 heavy (non-hydrogen) atoms. The van der Waals surface area contributed by atoms with E-state index in [-0.39, 0.29) is 5.65 Å². The molecule has 0 saturated heterocycles. The lowest BCUT2D eigenvalue weighted by molar-refractivity contribution is 0.0675. The molecule has 0 unspecified atom stereocenters. The summed E-state index contributed by atoms with van der Waals surface area (Å²) in [7, 11) is 0. The average molecular weight is 226 g/mol. The molecule has 0 saturated carbocycles. The maximum absolute atomic E-state index is 12.6. The van der Waals surface area contributed by atoms with Gasteiger partial charge in [0.15, 0.2) is 5.69 Å². The van der Waals surface area contributed by atoms with Crippen LogP contribution in [0.1, 0.15) is 28.2 Å². The van der Waals surface area contributed by atoms with E-state index in [4.69, 9.17) is 5.11 Å². The van der Waals surface area contributed by atoms with E-state index in [0.717, 1.165) is 5.56 Å². The number of carboxylic acid groups (broad SMARTS) is 1. The molecule has 2 aromatic heterocycles. The first-order chi connectivity index (χ1) is 7.50. The van der Waals surface area contributed by atoms with Crippen molar-refractivity contribution in [2.75, 3.05) is 0 Å². The van der Waals surface area contributed by atoms with E-state index in [2.05, 4.69) is 4.98 Å². The first kappa shape index (κ1) is 10.5. The van der Waals surface area contributed by atoms with Crippen LogP contribution in [-0.4, -0.2) is 20.5 Å². The van der Waals surface area contributed by atoms with Crippen molar-refractivity contribution in [3.8, 4) is 0 Å². The molecule has 0 spiro atoms. The van der Waals surface area contributed by atoms with Crippen molar-refractivity contribution in [1.29, 1.82) is 0 Å². The molecule has 0 aliphatic rings. The SMILES string of the molecule is Cc1ccc2nc(C(F)F)c(C(=O)O)n2c1.